The Labute approximate surface area is 90.7 Å². The molecule has 0 atom stereocenters. The van der Waals surface area contributed by atoms with Gasteiger partial charge in [0.25, 0.3) is 0 Å². The first-order chi connectivity index (χ1) is 4.61. The van der Waals surface area contributed by atoms with Crippen molar-refractivity contribution in [2.75, 3.05) is 0 Å². The van der Waals surface area contributed by atoms with Gasteiger partial charge in [0, 0.05) is 0 Å². The maximum Gasteiger partial charge on any atom is 2.00 e. The molecule has 1 rings (SSSR count). The van der Waals surface area contributed by atoms with Gasteiger partial charge in [0.05, 0.1) is 0 Å². The molecule has 0 N–H and O–H groups in total. The molecule has 0 fully saturated rings. The van der Waals surface area contributed by atoms with E-state index in [1.54, 1.807) is 0 Å². The Morgan fingerprint density at radius 1 is 1.00 bits per heavy atom. The monoisotopic (exact) mass is 204 g/mol. The fraction of sp³-hybridized carbons (Fsp3) is 0. The second kappa shape index (κ2) is 5.56. The quantitative estimate of drug-likeness (QED) is 0.286. The van der Waals surface area contributed by atoms with Gasteiger partial charge in [-0.25, -0.2) is 13.2 Å². The van der Waals surface area contributed by atoms with Crippen molar-refractivity contribution in [1.29, 1.82) is 0 Å². The van der Waals surface area contributed by atoms with E-state index < -0.39 is 17.5 Å². The molecule has 0 spiro atoms. The summed E-state index contributed by atoms with van der Waals surface area (Å²) in [5.41, 5.74) is 0.122. The molecule has 12 heavy (non-hydrogen) atoms. The van der Waals surface area contributed by atoms with Crippen molar-refractivity contribution in [3.63, 3.8) is 0 Å². The van der Waals surface area contributed by atoms with Crippen LogP contribution >= 0.6 is 0 Å². The zero-order chi connectivity index (χ0) is 7.72. The predicted molar refractivity (Wildman–Crippen MR) is 36.5 cm³/mol. The van der Waals surface area contributed by atoms with Crippen LogP contribution in [-0.4, -0.2) is 23.1 Å². The summed E-state index contributed by atoms with van der Waals surface area (Å²) in [5, 5.41) is 0. The van der Waals surface area contributed by atoms with Gasteiger partial charge in [-0.3, -0.25) is 0 Å². The van der Waals surface area contributed by atoms with E-state index in [9.17, 15) is 13.2 Å². The number of hydrogen-bond donors (Lipinski definition) is 0. The van der Waals surface area contributed by atoms with Crippen LogP contribution in [0.1, 0.15) is 5.56 Å². The van der Waals surface area contributed by atoms with Crippen LogP contribution in [-0.2, 0) is 0 Å². The molecule has 0 nitrogen and oxygen atoms in total. The van der Waals surface area contributed by atoms with E-state index in [0.29, 0.717) is 0 Å². The molecular weight excluding hydrogens is 201 g/mol. The van der Waals surface area contributed by atoms with Gasteiger partial charge in [0.1, 0.15) is 11.6 Å². The largest absolute Gasteiger partial charge is 2.00 e. The van der Waals surface area contributed by atoms with Crippen molar-refractivity contribution in [3.8, 4) is 0 Å². The molecule has 0 aliphatic carbocycles. The van der Waals surface area contributed by atoms with E-state index in [1.807, 2.05) is 0 Å². The Hall–Kier alpha value is -0.0638. The van der Waals surface area contributed by atoms with Gasteiger partial charge < -0.3 is 12.4 Å². The molecule has 0 aliphatic heterocycles. The minimum absolute atomic E-state index is 0. The molecule has 62 valence electrons. The molecule has 0 saturated heterocycles. The Morgan fingerprint density at radius 2 is 1.33 bits per heavy atom. The normalized spacial score (nSPS) is 8.25. The Morgan fingerprint density at radius 3 is 1.67 bits per heavy atom. The topological polar surface area (TPSA) is 0 Å². The van der Waals surface area contributed by atoms with Gasteiger partial charge in [0.15, 0.2) is 5.82 Å². The zero-order valence-electron chi connectivity index (χ0n) is 6.08. The molecule has 0 heterocycles. The van der Waals surface area contributed by atoms with Crippen LogP contribution in [0.15, 0.2) is 12.1 Å². The second-order valence-electron chi connectivity index (χ2n) is 1.87. The summed E-state index contributed by atoms with van der Waals surface area (Å²) in [5.74, 6) is -3.86. The Kier molecular flexibility index (Phi) is 6.70. The first-order valence-electron chi connectivity index (χ1n) is 2.58. The van der Waals surface area contributed by atoms with Crippen LogP contribution in [0.2, 0.25) is 0 Å². The van der Waals surface area contributed by atoms with Crippen LogP contribution in [0.5, 0.6) is 0 Å². The van der Waals surface area contributed by atoms with Gasteiger partial charge in [-0.2, -0.15) is 12.5 Å². The molecule has 0 aliphatic rings. The van der Waals surface area contributed by atoms with Crippen LogP contribution in [0.4, 0.5) is 13.2 Å². The Balaban J connectivity index is 0. The fourth-order valence-electron chi connectivity index (χ4n) is 0.608. The maximum atomic E-state index is 12.2. The van der Waals surface area contributed by atoms with Crippen molar-refractivity contribution >= 4 is 23.1 Å². The summed E-state index contributed by atoms with van der Waals surface area (Å²) in [6.45, 7) is 3.24. The molecule has 0 radical (unpaired) electrons. The third-order valence-electron chi connectivity index (χ3n) is 1.04. The molecule has 1 aromatic rings. The molecule has 5 heteroatoms. The zero-order valence-corrected chi connectivity index (χ0v) is 8.25. The predicted octanol–water partition coefficient (Wildman–Crippen LogP) is -1.09. The first-order valence-corrected chi connectivity index (χ1v) is 2.58. The van der Waals surface area contributed by atoms with Gasteiger partial charge in [-0.15, -0.1) is 12.1 Å². The van der Waals surface area contributed by atoms with E-state index >= 15 is 0 Å². The maximum absolute atomic E-state index is 12.2. The van der Waals surface area contributed by atoms with E-state index in [-0.39, 0.29) is 41.0 Å². The summed E-state index contributed by atoms with van der Waals surface area (Å²) in [7, 11) is 0. The summed E-state index contributed by atoms with van der Waals surface area (Å²) < 4.78 is 36.5. The van der Waals surface area contributed by atoms with Gasteiger partial charge in [-0.1, -0.05) is 0 Å². The molecule has 0 saturated carbocycles. The molecule has 1 aromatic carbocycles. The second-order valence-corrected chi connectivity index (χ2v) is 1.87. The third kappa shape index (κ3) is 3.12. The molecule has 0 unspecified atom stereocenters. The van der Waals surface area contributed by atoms with Crippen LogP contribution in [0.25, 0.3) is 0 Å². The smallest absolute Gasteiger partial charge is 1.00 e. The average Bonchev–Trinajstić information content (AvgIpc) is 1.82. The van der Waals surface area contributed by atoms with Gasteiger partial charge in [-0.05, 0) is 0 Å². The van der Waals surface area contributed by atoms with Gasteiger partial charge in [0.2, 0.25) is 0 Å². The van der Waals surface area contributed by atoms with Crippen molar-refractivity contribution < 1.29 is 25.6 Å². The minimum Gasteiger partial charge on any atom is -1.00 e. The molecular formula is C7H4ClF3Mg. The van der Waals surface area contributed by atoms with Crippen LogP contribution in [0.3, 0.4) is 0 Å². The van der Waals surface area contributed by atoms with Crippen LogP contribution in [0, 0.1) is 24.4 Å². The number of rotatable bonds is 0. The van der Waals surface area contributed by atoms with Crippen LogP contribution < -0.4 is 12.4 Å². The average molecular weight is 205 g/mol. The van der Waals surface area contributed by atoms with Crippen molar-refractivity contribution in [1.82, 2.24) is 0 Å². The third-order valence-corrected chi connectivity index (χ3v) is 1.04. The fourth-order valence-corrected chi connectivity index (χ4v) is 0.608. The van der Waals surface area contributed by atoms with Crippen molar-refractivity contribution in [2.45, 2.75) is 0 Å². The summed E-state index contributed by atoms with van der Waals surface area (Å²) >= 11 is 0. The molecule has 0 bridgehead atoms. The summed E-state index contributed by atoms with van der Waals surface area (Å²) in [6.07, 6.45) is 0. The molecule has 0 aromatic heterocycles. The van der Waals surface area contributed by atoms with E-state index in [1.165, 1.54) is 0 Å². The van der Waals surface area contributed by atoms with E-state index in [0.717, 1.165) is 12.1 Å². The SMILES string of the molecule is [CH2-]c1cc(F)c(F)c(F)c1.[Cl-].[Mg+2]. The summed E-state index contributed by atoms with van der Waals surface area (Å²) in [6, 6.07) is 1.66. The van der Waals surface area contributed by atoms with E-state index in [4.69, 9.17) is 0 Å². The first kappa shape index (κ1) is 14.5. The standard InChI is InChI=1S/C7H4F3.ClH.Mg/c1-4-2-5(8)7(10)6(9)3-4;;/h2-3H,1H2;1H;/q-1;;+2/p-1. The Bertz CT molecular complexity index is 242. The van der Waals surface area contributed by atoms with Gasteiger partial charge >= 0.3 is 23.1 Å². The molecule has 0 amide bonds. The number of hydrogen-bond acceptors (Lipinski definition) is 0. The number of halogens is 4. The van der Waals surface area contributed by atoms with E-state index in [2.05, 4.69) is 6.92 Å². The summed E-state index contributed by atoms with van der Waals surface area (Å²) in [4.78, 5) is 0. The minimum atomic E-state index is -1.45. The van der Waals surface area contributed by atoms with Crippen molar-refractivity contribution in [3.05, 3.63) is 42.1 Å². The number of benzene rings is 1. The van der Waals surface area contributed by atoms with Crippen molar-refractivity contribution in [2.24, 2.45) is 0 Å².